The maximum Gasteiger partial charge on any atom is 0.269 e. The number of anilines is 1. The molecule has 1 aromatic heterocycles. The maximum atomic E-state index is 12.6. The van der Waals surface area contributed by atoms with Gasteiger partial charge in [-0.3, -0.25) is 14.4 Å². The van der Waals surface area contributed by atoms with Crippen LogP contribution in [0.1, 0.15) is 27.9 Å². The van der Waals surface area contributed by atoms with Crippen LogP contribution in [0.2, 0.25) is 0 Å². The van der Waals surface area contributed by atoms with Gasteiger partial charge >= 0.3 is 0 Å². The topological polar surface area (TPSA) is 135 Å². The number of hydrogen-bond acceptors (Lipinski definition) is 7. The summed E-state index contributed by atoms with van der Waals surface area (Å²) < 4.78 is 11.8. The molecular weight excluding hydrogens is 474 g/mol. The third-order valence-corrected chi connectivity index (χ3v) is 5.26. The van der Waals surface area contributed by atoms with E-state index in [0.29, 0.717) is 28.3 Å². The molecule has 0 radical (unpaired) electrons. The minimum Gasteiger partial charge on any atom is -0.484 e. The van der Waals surface area contributed by atoms with Gasteiger partial charge in [-0.15, -0.1) is 0 Å². The molecule has 1 heterocycles. The molecule has 10 heteroatoms. The Labute approximate surface area is 214 Å². The van der Waals surface area contributed by atoms with Gasteiger partial charge in [-0.1, -0.05) is 12.1 Å². The number of hydrogen-bond donors (Lipinski definition) is 2. The number of nitrogens with one attached hydrogen (secondary N) is 2. The Bertz CT molecular complexity index is 1400. The summed E-state index contributed by atoms with van der Waals surface area (Å²) in [6.45, 7) is 3.31. The van der Waals surface area contributed by atoms with Crippen LogP contribution in [0.25, 0.3) is 0 Å². The zero-order valence-corrected chi connectivity index (χ0v) is 20.8. The molecule has 0 fully saturated rings. The summed E-state index contributed by atoms with van der Waals surface area (Å²) in [7, 11) is 1.47. The monoisotopic (exact) mass is 501 g/mol. The first-order chi connectivity index (χ1) is 17.8. The van der Waals surface area contributed by atoms with Crippen LogP contribution >= 0.6 is 0 Å². The van der Waals surface area contributed by atoms with Crippen molar-refractivity contribution in [1.29, 1.82) is 5.26 Å². The first kappa shape index (κ1) is 26.8. The smallest absolute Gasteiger partial charge is 0.269 e. The number of carbonyl (C=O) groups excluding carboxylic acids is 2. The molecule has 0 aliphatic heterocycles. The second-order valence-electron chi connectivity index (χ2n) is 8.19. The van der Waals surface area contributed by atoms with Gasteiger partial charge in [0.25, 0.3) is 17.4 Å². The number of hydrazone groups is 1. The average molecular weight is 502 g/mol. The minimum atomic E-state index is -0.558. The zero-order chi connectivity index (χ0) is 26.8. The molecule has 0 unspecified atom stereocenters. The predicted octanol–water partition coefficient (Wildman–Crippen LogP) is 2.65. The van der Waals surface area contributed by atoms with Crippen LogP contribution in [0.4, 0.5) is 5.69 Å². The Morgan fingerprint density at radius 2 is 1.86 bits per heavy atom. The zero-order valence-electron chi connectivity index (χ0n) is 20.8. The molecule has 2 aromatic carbocycles. The average Bonchev–Trinajstić information content (AvgIpc) is 2.86. The molecule has 0 atom stereocenters. The number of benzene rings is 2. The summed E-state index contributed by atoms with van der Waals surface area (Å²) in [5, 5.41) is 16.0. The Morgan fingerprint density at radius 1 is 1.11 bits per heavy atom. The highest BCUT2D eigenvalue weighted by atomic mass is 16.5. The number of aromatic nitrogens is 1. The molecular formula is C27H27N5O5. The molecule has 3 rings (SSSR count). The van der Waals surface area contributed by atoms with Gasteiger partial charge in [0.15, 0.2) is 6.61 Å². The van der Waals surface area contributed by atoms with Gasteiger partial charge < -0.3 is 19.4 Å². The van der Waals surface area contributed by atoms with Crippen LogP contribution < -0.4 is 21.0 Å². The SMILES string of the molecule is COCc1cc(C)n(CC(=O)N/N=C/c2ccc(OCC(=O)Nc3cccc(C)c3)cc2)c(=O)c1C#N. The van der Waals surface area contributed by atoms with Crippen molar-refractivity contribution < 1.29 is 19.1 Å². The molecule has 0 bridgehead atoms. The highest BCUT2D eigenvalue weighted by molar-refractivity contribution is 5.92. The van der Waals surface area contributed by atoms with Crippen molar-refractivity contribution in [3.05, 3.63) is 92.9 Å². The molecule has 0 aliphatic rings. The lowest BCUT2D eigenvalue weighted by molar-refractivity contribution is -0.121. The highest BCUT2D eigenvalue weighted by Crippen LogP contribution is 2.13. The molecule has 3 aromatic rings. The minimum absolute atomic E-state index is 0.0568. The standard InChI is InChI=1S/C27H27N5O5/c1-18-5-4-6-22(11-18)30-26(34)17-37-23-9-7-20(8-10-23)14-29-31-25(33)15-32-19(2)12-21(16-36-3)24(13-28)27(32)35/h4-12,14H,15-17H2,1-3H3,(H,30,34)(H,31,33)/b29-14+. The summed E-state index contributed by atoms with van der Waals surface area (Å²) in [5.41, 5.74) is 5.19. The lowest BCUT2D eigenvalue weighted by Gasteiger charge is -2.12. The summed E-state index contributed by atoms with van der Waals surface area (Å²) in [4.78, 5) is 37.0. The van der Waals surface area contributed by atoms with E-state index in [-0.39, 0.29) is 31.2 Å². The third-order valence-electron chi connectivity index (χ3n) is 5.26. The molecule has 10 nitrogen and oxygen atoms in total. The van der Waals surface area contributed by atoms with E-state index in [9.17, 15) is 19.6 Å². The van der Waals surface area contributed by atoms with E-state index in [1.165, 1.54) is 17.9 Å². The predicted molar refractivity (Wildman–Crippen MR) is 138 cm³/mol. The van der Waals surface area contributed by atoms with Crippen molar-refractivity contribution in [2.45, 2.75) is 27.0 Å². The van der Waals surface area contributed by atoms with E-state index in [0.717, 1.165) is 5.56 Å². The summed E-state index contributed by atoms with van der Waals surface area (Å²) >= 11 is 0. The first-order valence-corrected chi connectivity index (χ1v) is 11.3. The maximum absolute atomic E-state index is 12.6. The second-order valence-corrected chi connectivity index (χ2v) is 8.19. The van der Waals surface area contributed by atoms with E-state index < -0.39 is 11.5 Å². The fourth-order valence-corrected chi connectivity index (χ4v) is 3.50. The van der Waals surface area contributed by atoms with Crippen LogP contribution in [0.15, 0.2) is 64.5 Å². The van der Waals surface area contributed by atoms with Crippen molar-refractivity contribution in [2.24, 2.45) is 5.10 Å². The lowest BCUT2D eigenvalue weighted by Crippen LogP contribution is -2.33. The van der Waals surface area contributed by atoms with E-state index in [2.05, 4.69) is 15.8 Å². The molecule has 190 valence electrons. The summed E-state index contributed by atoms with van der Waals surface area (Å²) in [6, 6.07) is 17.8. The van der Waals surface area contributed by atoms with Crippen molar-refractivity contribution in [2.75, 3.05) is 19.0 Å². The van der Waals surface area contributed by atoms with Gasteiger partial charge in [-0.2, -0.15) is 10.4 Å². The number of carbonyl (C=O) groups is 2. The Morgan fingerprint density at radius 3 is 2.54 bits per heavy atom. The van der Waals surface area contributed by atoms with Crippen LogP contribution in [-0.2, 0) is 27.5 Å². The van der Waals surface area contributed by atoms with Crippen LogP contribution in [-0.4, -0.2) is 36.3 Å². The highest BCUT2D eigenvalue weighted by Gasteiger charge is 2.14. The molecule has 0 saturated heterocycles. The number of nitriles is 1. The number of methoxy groups -OCH3 is 1. The molecule has 0 aliphatic carbocycles. The fraction of sp³-hybridized carbons (Fsp3) is 0.222. The Balaban J connectivity index is 1.51. The van der Waals surface area contributed by atoms with Crippen molar-refractivity contribution in [3.8, 4) is 11.8 Å². The normalized spacial score (nSPS) is 10.6. The second kappa shape index (κ2) is 12.8. The largest absolute Gasteiger partial charge is 0.484 e. The number of rotatable bonds is 10. The first-order valence-electron chi connectivity index (χ1n) is 11.3. The lowest BCUT2D eigenvalue weighted by atomic mass is 10.1. The molecule has 37 heavy (non-hydrogen) atoms. The van der Waals surface area contributed by atoms with Gasteiger partial charge in [0.1, 0.15) is 23.9 Å². The van der Waals surface area contributed by atoms with E-state index in [1.807, 2.05) is 31.2 Å². The van der Waals surface area contributed by atoms with Gasteiger partial charge in [-0.25, -0.2) is 5.43 Å². The van der Waals surface area contributed by atoms with Gasteiger partial charge in [-0.05, 0) is 67.4 Å². The third kappa shape index (κ3) is 7.62. The number of ether oxygens (including phenoxy) is 2. The summed E-state index contributed by atoms with van der Waals surface area (Å²) in [5.74, 6) is -0.298. The van der Waals surface area contributed by atoms with Gasteiger partial charge in [0.05, 0.1) is 12.8 Å². The van der Waals surface area contributed by atoms with Crippen molar-refractivity contribution >= 4 is 23.7 Å². The van der Waals surface area contributed by atoms with Crippen LogP contribution in [0, 0.1) is 25.2 Å². The molecule has 0 spiro atoms. The van der Waals surface area contributed by atoms with E-state index >= 15 is 0 Å². The molecule has 0 saturated carbocycles. The van der Waals surface area contributed by atoms with E-state index in [4.69, 9.17) is 9.47 Å². The van der Waals surface area contributed by atoms with Crippen LogP contribution in [0.3, 0.4) is 0 Å². The summed E-state index contributed by atoms with van der Waals surface area (Å²) in [6.07, 6.45) is 1.43. The number of amides is 2. The number of aryl methyl sites for hydroxylation is 2. The van der Waals surface area contributed by atoms with Crippen molar-refractivity contribution in [1.82, 2.24) is 9.99 Å². The number of nitrogens with zero attached hydrogens (tertiary/aromatic N) is 3. The Kier molecular flexibility index (Phi) is 9.29. The van der Waals surface area contributed by atoms with Gasteiger partial charge in [0, 0.05) is 24.1 Å². The van der Waals surface area contributed by atoms with Gasteiger partial charge in [0.2, 0.25) is 0 Å². The molecule has 2 N–H and O–H groups in total. The fourth-order valence-electron chi connectivity index (χ4n) is 3.50. The number of pyridine rings is 1. The Hall–Kier alpha value is -4.75. The van der Waals surface area contributed by atoms with Crippen molar-refractivity contribution in [3.63, 3.8) is 0 Å². The molecule has 2 amide bonds. The van der Waals surface area contributed by atoms with E-state index in [1.54, 1.807) is 43.3 Å². The quantitative estimate of drug-likeness (QED) is 0.324. The van der Waals surface area contributed by atoms with Crippen LogP contribution in [0.5, 0.6) is 5.75 Å².